The molecule has 0 spiro atoms. The van der Waals surface area contributed by atoms with Gasteiger partial charge < -0.3 is 24.3 Å². The third-order valence-electron chi connectivity index (χ3n) is 11.8. The number of thiophene rings is 1. The summed E-state index contributed by atoms with van der Waals surface area (Å²) >= 11 is 1.49. The number of hydrogen-bond donors (Lipinski definition) is 1. The van der Waals surface area contributed by atoms with Crippen LogP contribution in [0.1, 0.15) is 63.0 Å². The molecule has 9 atom stereocenters. The molecular formula is C34H41NO6S. The molecule has 3 saturated carbocycles. The maximum atomic E-state index is 13.7. The first kappa shape index (κ1) is 28.2. The van der Waals surface area contributed by atoms with Crippen molar-refractivity contribution in [2.45, 2.75) is 65.8 Å². The molecule has 1 N–H and O–H groups in total. The lowest BCUT2D eigenvalue weighted by atomic mass is 9.43. The predicted octanol–water partition coefficient (Wildman–Crippen LogP) is 6.03. The van der Waals surface area contributed by atoms with Crippen LogP contribution >= 0.6 is 11.3 Å². The monoisotopic (exact) mass is 591 g/mol. The van der Waals surface area contributed by atoms with Crippen LogP contribution in [-0.2, 0) is 19.1 Å². The molecule has 4 bridgehead atoms. The van der Waals surface area contributed by atoms with E-state index in [9.17, 15) is 19.5 Å². The van der Waals surface area contributed by atoms with Gasteiger partial charge in [-0.3, -0.25) is 9.59 Å². The molecule has 0 unspecified atom stereocenters. The topological polar surface area (TPSA) is 93.1 Å². The molecule has 7 nitrogen and oxygen atoms in total. The minimum Gasteiger partial charge on any atom is -0.481 e. The summed E-state index contributed by atoms with van der Waals surface area (Å²) in [6, 6.07) is 9.94. The summed E-state index contributed by atoms with van der Waals surface area (Å²) in [5.41, 5.74) is -2.01. The van der Waals surface area contributed by atoms with Crippen molar-refractivity contribution < 1.29 is 29.0 Å². The fraction of sp³-hybridized carbons (Fsp3) is 0.618. The number of benzene rings is 1. The van der Waals surface area contributed by atoms with Gasteiger partial charge in [-0.25, -0.2) is 0 Å². The zero-order chi connectivity index (χ0) is 29.6. The van der Waals surface area contributed by atoms with Gasteiger partial charge in [0, 0.05) is 16.7 Å². The number of carbonyl (C=O) groups is 3. The first-order chi connectivity index (χ1) is 20.1. The SMILES string of the molecule is CC(C)C1=C[C@H]2C[C@]3(C=O)[C@@H]4CC[C@@H](C)[C@H]4C[C@@]2(CO[C@H]2CN(C(=O)c4cc5ccccc5s4)C[C@@H](C)O2)[C@@]13C(=O)O. The summed E-state index contributed by atoms with van der Waals surface area (Å²) in [6.07, 6.45) is 5.60. The standard InChI is InChI=1S/C34H41NO6S/c1-19(2)26-12-23-13-32(17-36)25-10-9-20(3)24(25)14-33(23,34(26,32)31(38)39)18-40-29-16-35(15-21(4)41-29)30(37)28-11-22-7-5-6-8-27(22)42-28/h5-8,11-12,17,19-21,23-25,29H,9-10,13-16,18H2,1-4H3,(H,38,39)/t20-,21-,23+,24-,25-,29-,32+,33+,34-/m1/s1. The highest BCUT2D eigenvalue weighted by Crippen LogP contribution is 2.82. The normalized spacial score (nSPS) is 40.4. The average molecular weight is 592 g/mol. The number of carbonyl (C=O) groups excluding carboxylic acids is 2. The molecule has 5 aliphatic rings. The maximum Gasteiger partial charge on any atom is 0.315 e. The number of ether oxygens (including phenoxy) is 2. The van der Waals surface area contributed by atoms with Crippen LogP contribution < -0.4 is 0 Å². The molecule has 1 saturated heterocycles. The molecule has 4 aliphatic carbocycles. The van der Waals surface area contributed by atoms with Crippen molar-refractivity contribution in [1.29, 1.82) is 0 Å². The molecule has 4 fully saturated rings. The van der Waals surface area contributed by atoms with Crippen molar-refractivity contribution in [3.8, 4) is 0 Å². The van der Waals surface area contributed by atoms with E-state index in [1.165, 1.54) is 11.3 Å². The third kappa shape index (κ3) is 3.55. The molecule has 1 amide bonds. The molecule has 0 radical (unpaired) electrons. The molecule has 7 rings (SSSR count). The fourth-order valence-corrected chi connectivity index (χ4v) is 11.3. The Morgan fingerprint density at radius 3 is 2.69 bits per heavy atom. The van der Waals surface area contributed by atoms with Crippen LogP contribution in [0.5, 0.6) is 0 Å². The van der Waals surface area contributed by atoms with Gasteiger partial charge >= 0.3 is 5.97 Å². The fourth-order valence-electron chi connectivity index (χ4n) is 10.3. The summed E-state index contributed by atoms with van der Waals surface area (Å²) in [7, 11) is 0. The third-order valence-corrected chi connectivity index (χ3v) is 12.9. The number of fused-ring (bicyclic) bond motifs is 3. The molecule has 2 aromatic rings. The number of aldehydes is 1. The van der Waals surface area contributed by atoms with Crippen LogP contribution in [0.3, 0.4) is 0 Å². The summed E-state index contributed by atoms with van der Waals surface area (Å²) in [5, 5.41) is 12.3. The number of amides is 1. The minimum atomic E-state index is -1.28. The number of carboxylic acid groups (broad SMARTS) is 1. The van der Waals surface area contributed by atoms with Crippen molar-refractivity contribution in [1.82, 2.24) is 4.90 Å². The van der Waals surface area contributed by atoms with Gasteiger partial charge in [0.25, 0.3) is 5.91 Å². The van der Waals surface area contributed by atoms with Crippen LogP contribution in [0.25, 0.3) is 10.1 Å². The zero-order valence-electron chi connectivity index (χ0n) is 24.9. The quantitative estimate of drug-likeness (QED) is 0.312. The van der Waals surface area contributed by atoms with Crippen molar-refractivity contribution >= 4 is 39.6 Å². The predicted molar refractivity (Wildman–Crippen MR) is 160 cm³/mol. The van der Waals surface area contributed by atoms with E-state index in [1.54, 1.807) is 4.90 Å². The molecule has 224 valence electrons. The van der Waals surface area contributed by atoms with Crippen LogP contribution in [0.4, 0.5) is 0 Å². The number of allylic oxidation sites excluding steroid dienone is 1. The van der Waals surface area contributed by atoms with E-state index in [0.717, 1.165) is 41.2 Å². The van der Waals surface area contributed by atoms with Gasteiger partial charge in [-0.15, -0.1) is 11.3 Å². The van der Waals surface area contributed by atoms with Crippen LogP contribution in [0.2, 0.25) is 0 Å². The Morgan fingerprint density at radius 2 is 1.98 bits per heavy atom. The Labute approximate surface area is 251 Å². The van der Waals surface area contributed by atoms with Gasteiger partial charge in [-0.05, 0) is 73.3 Å². The largest absolute Gasteiger partial charge is 0.481 e. The Kier molecular flexibility index (Phi) is 6.54. The number of rotatable bonds is 7. The van der Waals surface area contributed by atoms with E-state index in [0.29, 0.717) is 29.7 Å². The Hall–Kier alpha value is -2.55. The highest BCUT2D eigenvalue weighted by molar-refractivity contribution is 7.20. The van der Waals surface area contributed by atoms with Gasteiger partial charge in [-0.1, -0.05) is 57.0 Å². The van der Waals surface area contributed by atoms with Crippen LogP contribution in [0.15, 0.2) is 42.0 Å². The second kappa shape index (κ2) is 9.73. The number of morpholine rings is 1. The minimum absolute atomic E-state index is 0.0147. The first-order valence-corrected chi connectivity index (χ1v) is 16.4. The van der Waals surface area contributed by atoms with Crippen molar-refractivity contribution in [3.05, 3.63) is 46.9 Å². The molecule has 1 aromatic heterocycles. The maximum absolute atomic E-state index is 13.7. The van der Waals surface area contributed by atoms with Gasteiger partial charge in [0.15, 0.2) is 6.29 Å². The average Bonchev–Trinajstić information content (AvgIpc) is 3.68. The molecule has 1 aromatic carbocycles. The Bertz CT molecular complexity index is 1450. The second-order valence-corrected chi connectivity index (χ2v) is 15.1. The lowest BCUT2D eigenvalue weighted by Crippen LogP contribution is -2.64. The summed E-state index contributed by atoms with van der Waals surface area (Å²) in [4.78, 5) is 43.1. The number of hydrogen-bond acceptors (Lipinski definition) is 6. The Morgan fingerprint density at radius 1 is 1.19 bits per heavy atom. The summed E-state index contributed by atoms with van der Waals surface area (Å²) in [5.74, 6) is -0.108. The van der Waals surface area contributed by atoms with Gasteiger partial charge in [-0.2, -0.15) is 0 Å². The highest BCUT2D eigenvalue weighted by Gasteiger charge is 2.84. The zero-order valence-corrected chi connectivity index (χ0v) is 25.7. The number of aliphatic carboxylic acids is 1. The van der Waals surface area contributed by atoms with E-state index in [-0.39, 0.29) is 42.9 Å². The van der Waals surface area contributed by atoms with Crippen molar-refractivity contribution in [3.63, 3.8) is 0 Å². The number of carboxylic acids is 1. The van der Waals surface area contributed by atoms with Gasteiger partial charge in [0.1, 0.15) is 11.7 Å². The molecular weight excluding hydrogens is 550 g/mol. The lowest BCUT2D eigenvalue weighted by Gasteiger charge is -2.58. The van der Waals surface area contributed by atoms with Gasteiger partial charge in [0.2, 0.25) is 0 Å². The molecule has 1 aliphatic heterocycles. The smallest absolute Gasteiger partial charge is 0.315 e. The van der Waals surface area contributed by atoms with E-state index in [2.05, 4.69) is 26.8 Å². The van der Waals surface area contributed by atoms with E-state index >= 15 is 0 Å². The van der Waals surface area contributed by atoms with Crippen molar-refractivity contribution in [2.75, 3.05) is 19.7 Å². The summed E-state index contributed by atoms with van der Waals surface area (Å²) < 4.78 is 13.9. The Balaban J connectivity index is 1.20. The van der Waals surface area contributed by atoms with Gasteiger partial charge in [0.05, 0.1) is 29.5 Å². The van der Waals surface area contributed by atoms with Crippen LogP contribution in [-0.4, -0.2) is 60.3 Å². The second-order valence-electron chi connectivity index (χ2n) is 14.0. The van der Waals surface area contributed by atoms with E-state index in [4.69, 9.17) is 9.47 Å². The van der Waals surface area contributed by atoms with Crippen molar-refractivity contribution in [2.24, 2.45) is 45.8 Å². The van der Waals surface area contributed by atoms with E-state index in [1.807, 2.05) is 37.3 Å². The highest BCUT2D eigenvalue weighted by atomic mass is 32.1. The molecule has 2 heterocycles. The van der Waals surface area contributed by atoms with Crippen LogP contribution in [0, 0.1) is 45.8 Å². The number of nitrogens with zero attached hydrogens (tertiary/aromatic N) is 1. The van der Waals surface area contributed by atoms with E-state index < -0.39 is 28.5 Å². The lowest BCUT2D eigenvalue weighted by molar-refractivity contribution is -0.232. The first-order valence-electron chi connectivity index (χ1n) is 15.5. The molecule has 8 heteroatoms. The summed E-state index contributed by atoms with van der Waals surface area (Å²) in [6.45, 7) is 9.26. The molecule has 42 heavy (non-hydrogen) atoms.